The molecule has 1 aliphatic heterocycles. The number of hydrogen-bond donors (Lipinski definition) is 1. The first-order chi connectivity index (χ1) is 10.4. The second-order valence-electron chi connectivity index (χ2n) is 6.14. The Bertz CT molecular complexity index is 678. The van der Waals surface area contributed by atoms with E-state index in [-0.39, 0.29) is 17.4 Å². The molecule has 0 spiro atoms. The minimum atomic E-state index is -0.235. The molecule has 1 aliphatic rings. The summed E-state index contributed by atoms with van der Waals surface area (Å²) >= 11 is 2.85. The highest BCUT2D eigenvalue weighted by atomic mass is 32.1. The van der Waals surface area contributed by atoms with Crippen LogP contribution in [0.15, 0.2) is 11.4 Å². The van der Waals surface area contributed by atoms with Gasteiger partial charge in [-0.25, -0.2) is 0 Å². The number of ether oxygens (including phenoxy) is 1. The molecule has 1 atom stereocenters. The SMILES string of the molecule is Cc1ccsc1-c1nsc(NC(=O)C2CCOC(C)(C)C2)n1. The van der Waals surface area contributed by atoms with Gasteiger partial charge in [-0.05, 0) is 50.6 Å². The molecule has 0 bridgehead atoms. The van der Waals surface area contributed by atoms with E-state index in [2.05, 4.69) is 14.7 Å². The molecule has 22 heavy (non-hydrogen) atoms. The summed E-state index contributed by atoms with van der Waals surface area (Å²) in [4.78, 5) is 17.9. The molecule has 0 radical (unpaired) electrons. The van der Waals surface area contributed by atoms with Crippen LogP contribution in [0.1, 0.15) is 32.3 Å². The van der Waals surface area contributed by atoms with Crippen molar-refractivity contribution in [2.45, 2.75) is 39.2 Å². The smallest absolute Gasteiger partial charge is 0.229 e. The van der Waals surface area contributed by atoms with Crippen molar-refractivity contribution in [2.75, 3.05) is 11.9 Å². The Kier molecular flexibility index (Phi) is 4.29. The van der Waals surface area contributed by atoms with Crippen LogP contribution in [0.5, 0.6) is 0 Å². The van der Waals surface area contributed by atoms with Crippen molar-refractivity contribution >= 4 is 33.9 Å². The topological polar surface area (TPSA) is 64.1 Å². The Morgan fingerprint density at radius 2 is 2.32 bits per heavy atom. The van der Waals surface area contributed by atoms with Gasteiger partial charge in [0.25, 0.3) is 0 Å². The number of rotatable bonds is 3. The van der Waals surface area contributed by atoms with Gasteiger partial charge in [-0.2, -0.15) is 9.36 Å². The summed E-state index contributed by atoms with van der Waals surface area (Å²) in [5.74, 6) is 0.682. The van der Waals surface area contributed by atoms with Gasteiger partial charge in [0.1, 0.15) is 0 Å². The van der Waals surface area contributed by atoms with E-state index in [1.54, 1.807) is 11.3 Å². The lowest BCUT2D eigenvalue weighted by Gasteiger charge is -2.34. The van der Waals surface area contributed by atoms with E-state index in [1.807, 2.05) is 32.2 Å². The third kappa shape index (κ3) is 3.37. The first-order valence-corrected chi connectivity index (χ1v) is 8.93. The number of aromatic nitrogens is 2. The zero-order valence-electron chi connectivity index (χ0n) is 12.9. The first kappa shape index (κ1) is 15.6. The van der Waals surface area contributed by atoms with E-state index in [4.69, 9.17) is 4.74 Å². The van der Waals surface area contributed by atoms with Gasteiger partial charge in [0.2, 0.25) is 11.0 Å². The number of nitrogens with one attached hydrogen (secondary N) is 1. The summed E-state index contributed by atoms with van der Waals surface area (Å²) in [6.07, 6.45) is 1.49. The third-order valence-corrected chi connectivity index (χ3v) is 5.43. The van der Waals surface area contributed by atoms with Gasteiger partial charge < -0.3 is 10.1 Å². The maximum atomic E-state index is 12.4. The van der Waals surface area contributed by atoms with Gasteiger partial charge in [-0.15, -0.1) is 11.3 Å². The van der Waals surface area contributed by atoms with Crippen LogP contribution in [0.25, 0.3) is 10.7 Å². The average molecular weight is 337 g/mol. The molecule has 0 aliphatic carbocycles. The fourth-order valence-corrected chi connectivity index (χ4v) is 4.13. The second kappa shape index (κ2) is 6.06. The Labute approximate surface area is 137 Å². The van der Waals surface area contributed by atoms with Crippen LogP contribution in [0.4, 0.5) is 5.13 Å². The molecular weight excluding hydrogens is 318 g/mol. The summed E-state index contributed by atoms with van der Waals surface area (Å²) in [7, 11) is 0. The molecule has 1 saturated heterocycles. The monoisotopic (exact) mass is 337 g/mol. The summed E-state index contributed by atoms with van der Waals surface area (Å²) in [5, 5.41) is 5.49. The van der Waals surface area contributed by atoms with Gasteiger partial charge in [0.15, 0.2) is 5.82 Å². The lowest BCUT2D eigenvalue weighted by Crippen LogP contribution is -2.39. The zero-order valence-corrected chi connectivity index (χ0v) is 14.5. The minimum Gasteiger partial charge on any atom is -0.376 e. The van der Waals surface area contributed by atoms with Crippen LogP contribution in [0.3, 0.4) is 0 Å². The van der Waals surface area contributed by atoms with E-state index in [0.717, 1.165) is 23.3 Å². The van der Waals surface area contributed by atoms with Crippen molar-refractivity contribution in [2.24, 2.45) is 5.92 Å². The average Bonchev–Trinajstić information content (AvgIpc) is 3.06. The quantitative estimate of drug-likeness (QED) is 0.927. The van der Waals surface area contributed by atoms with Crippen molar-refractivity contribution in [1.82, 2.24) is 9.36 Å². The van der Waals surface area contributed by atoms with Crippen LogP contribution in [-0.4, -0.2) is 27.5 Å². The van der Waals surface area contributed by atoms with Crippen molar-refractivity contribution in [3.05, 3.63) is 17.0 Å². The lowest BCUT2D eigenvalue weighted by molar-refractivity contribution is -0.130. The summed E-state index contributed by atoms with van der Waals surface area (Å²) in [6, 6.07) is 2.05. The highest BCUT2D eigenvalue weighted by molar-refractivity contribution is 7.14. The van der Waals surface area contributed by atoms with E-state index < -0.39 is 0 Å². The number of carbonyl (C=O) groups is 1. The third-order valence-electron chi connectivity index (χ3n) is 3.79. The van der Waals surface area contributed by atoms with Crippen molar-refractivity contribution in [3.63, 3.8) is 0 Å². The maximum absolute atomic E-state index is 12.4. The fraction of sp³-hybridized carbons (Fsp3) is 0.533. The van der Waals surface area contributed by atoms with Gasteiger partial charge in [0, 0.05) is 24.1 Å². The molecule has 118 valence electrons. The van der Waals surface area contributed by atoms with E-state index in [1.165, 1.54) is 11.5 Å². The summed E-state index contributed by atoms with van der Waals surface area (Å²) < 4.78 is 10.0. The number of carbonyl (C=O) groups excluding carboxylic acids is 1. The molecule has 1 amide bonds. The van der Waals surface area contributed by atoms with Crippen molar-refractivity contribution in [1.29, 1.82) is 0 Å². The van der Waals surface area contributed by atoms with Crippen molar-refractivity contribution < 1.29 is 9.53 Å². The van der Waals surface area contributed by atoms with Crippen LogP contribution in [-0.2, 0) is 9.53 Å². The molecule has 2 aromatic heterocycles. The second-order valence-corrected chi connectivity index (χ2v) is 7.81. The van der Waals surface area contributed by atoms with Crippen LogP contribution in [0, 0.1) is 12.8 Å². The number of aryl methyl sites for hydroxylation is 1. The van der Waals surface area contributed by atoms with Crippen LogP contribution < -0.4 is 5.32 Å². The summed E-state index contributed by atoms with van der Waals surface area (Å²) in [5.41, 5.74) is 0.924. The molecule has 0 saturated carbocycles. The molecule has 1 fully saturated rings. The first-order valence-electron chi connectivity index (χ1n) is 7.28. The number of anilines is 1. The van der Waals surface area contributed by atoms with Gasteiger partial charge in [-0.3, -0.25) is 4.79 Å². The zero-order chi connectivity index (χ0) is 15.7. The highest BCUT2D eigenvalue weighted by Gasteiger charge is 2.33. The number of hydrogen-bond acceptors (Lipinski definition) is 6. The minimum absolute atomic E-state index is 0.0157. The predicted octanol–water partition coefficient (Wildman–Crippen LogP) is 3.72. The predicted molar refractivity (Wildman–Crippen MR) is 89.3 cm³/mol. The number of amides is 1. The highest BCUT2D eigenvalue weighted by Crippen LogP contribution is 2.31. The molecule has 0 aromatic carbocycles. The van der Waals surface area contributed by atoms with Gasteiger partial charge in [-0.1, -0.05) is 0 Å². The van der Waals surface area contributed by atoms with Crippen molar-refractivity contribution in [3.8, 4) is 10.7 Å². The largest absolute Gasteiger partial charge is 0.376 e. The standard InChI is InChI=1S/C15H19N3O2S2/c1-9-5-7-21-11(9)12-16-14(22-18-12)17-13(19)10-4-6-20-15(2,3)8-10/h5,7,10H,4,6,8H2,1-3H3,(H,16,17,18,19). The molecule has 7 heteroatoms. The molecule has 3 rings (SSSR count). The molecule has 2 aromatic rings. The Balaban J connectivity index is 1.68. The lowest BCUT2D eigenvalue weighted by atomic mass is 9.88. The Morgan fingerprint density at radius 1 is 1.50 bits per heavy atom. The summed E-state index contributed by atoms with van der Waals surface area (Å²) in [6.45, 7) is 6.71. The van der Waals surface area contributed by atoms with Crippen LogP contribution in [0.2, 0.25) is 0 Å². The Morgan fingerprint density at radius 3 is 3.00 bits per heavy atom. The number of nitrogens with zero attached hydrogens (tertiary/aromatic N) is 2. The molecule has 5 nitrogen and oxygen atoms in total. The number of thiophene rings is 1. The van der Waals surface area contributed by atoms with E-state index in [0.29, 0.717) is 17.6 Å². The normalized spacial score (nSPS) is 20.8. The maximum Gasteiger partial charge on any atom is 0.229 e. The van der Waals surface area contributed by atoms with E-state index in [9.17, 15) is 4.79 Å². The molecule has 3 heterocycles. The molecule has 1 unspecified atom stereocenters. The molecule has 1 N–H and O–H groups in total. The van der Waals surface area contributed by atoms with Crippen LogP contribution >= 0.6 is 22.9 Å². The van der Waals surface area contributed by atoms with E-state index >= 15 is 0 Å². The van der Waals surface area contributed by atoms with Gasteiger partial charge >= 0.3 is 0 Å². The Hall–Kier alpha value is -1.31. The molecular formula is C15H19N3O2S2. The fourth-order valence-electron chi connectivity index (χ4n) is 2.63. The van der Waals surface area contributed by atoms with Gasteiger partial charge in [0.05, 0.1) is 10.5 Å².